The lowest BCUT2D eigenvalue weighted by Crippen LogP contribution is -2.29. The van der Waals surface area contributed by atoms with Crippen molar-refractivity contribution in [1.29, 1.82) is 0 Å². The van der Waals surface area contributed by atoms with Crippen molar-refractivity contribution in [2.75, 3.05) is 13.2 Å². The zero-order chi connectivity index (χ0) is 12.0. The minimum atomic E-state index is -0.228. The number of aromatic nitrogens is 1. The summed E-state index contributed by atoms with van der Waals surface area (Å²) in [5.74, 6) is 0.697. The second-order valence-corrected chi connectivity index (χ2v) is 3.82. The Morgan fingerprint density at radius 3 is 2.94 bits per heavy atom. The fourth-order valence-electron chi connectivity index (χ4n) is 1.43. The van der Waals surface area contributed by atoms with Crippen molar-refractivity contribution in [2.24, 2.45) is 5.92 Å². The van der Waals surface area contributed by atoms with E-state index in [1.54, 1.807) is 13.0 Å². The molecule has 1 rings (SSSR count). The number of nitrogens with zero attached hydrogens (tertiary/aromatic N) is 1. The van der Waals surface area contributed by atoms with Crippen LogP contribution in [0.5, 0.6) is 0 Å². The second kappa shape index (κ2) is 6.27. The van der Waals surface area contributed by atoms with Crippen molar-refractivity contribution in [1.82, 2.24) is 10.5 Å². The van der Waals surface area contributed by atoms with Gasteiger partial charge in [-0.3, -0.25) is 4.79 Å². The molecule has 0 aliphatic heterocycles. The summed E-state index contributed by atoms with van der Waals surface area (Å²) in [6, 6.07) is 1.60. The highest BCUT2D eigenvalue weighted by Gasteiger charge is 2.12. The molecule has 2 N–H and O–H groups in total. The van der Waals surface area contributed by atoms with Crippen LogP contribution in [0.1, 0.15) is 36.0 Å². The molecule has 0 aromatic carbocycles. The summed E-state index contributed by atoms with van der Waals surface area (Å²) in [5.41, 5.74) is 0.302. The topological polar surface area (TPSA) is 75.4 Å². The van der Waals surface area contributed by atoms with Crippen LogP contribution >= 0.6 is 0 Å². The van der Waals surface area contributed by atoms with Gasteiger partial charge in [0, 0.05) is 19.2 Å². The van der Waals surface area contributed by atoms with E-state index < -0.39 is 0 Å². The molecule has 0 spiro atoms. The summed E-state index contributed by atoms with van der Waals surface area (Å²) >= 11 is 0. The molecular formula is C11H18N2O3. The van der Waals surface area contributed by atoms with Gasteiger partial charge >= 0.3 is 0 Å². The first-order valence-electron chi connectivity index (χ1n) is 5.49. The molecule has 1 unspecified atom stereocenters. The molecule has 0 bridgehead atoms. The molecule has 1 aromatic heterocycles. The van der Waals surface area contributed by atoms with Gasteiger partial charge in [-0.25, -0.2) is 0 Å². The van der Waals surface area contributed by atoms with Crippen molar-refractivity contribution in [2.45, 2.75) is 26.7 Å². The highest BCUT2D eigenvalue weighted by molar-refractivity contribution is 5.92. The number of hydrogen-bond donors (Lipinski definition) is 2. The molecule has 1 aromatic rings. The van der Waals surface area contributed by atoms with Gasteiger partial charge in [0.25, 0.3) is 5.91 Å². The zero-order valence-electron chi connectivity index (χ0n) is 9.69. The zero-order valence-corrected chi connectivity index (χ0v) is 9.69. The van der Waals surface area contributed by atoms with Gasteiger partial charge in [0.2, 0.25) is 0 Å². The Balaban J connectivity index is 2.40. The lowest BCUT2D eigenvalue weighted by atomic mass is 10.0. The first-order valence-corrected chi connectivity index (χ1v) is 5.49. The quantitative estimate of drug-likeness (QED) is 0.762. The normalized spacial score (nSPS) is 12.4. The van der Waals surface area contributed by atoms with Crippen molar-refractivity contribution < 1.29 is 14.4 Å². The highest BCUT2D eigenvalue weighted by Crippen LogP contribution is 2.06. The maximum atomic E-state index is 11.6. The minimum Gasteiger partial charge on any atom is -0.396 e. The molecule has 5 nitrogen and oxygen atoms in total. The van der Waals surface area contributed by atoms with Crippen LogP contribution in [0.15, 0.2) is 10.6 Å². The summed E-state index contributed by atoms with van der Waals surface area (Å²) in [6.45, 7) is 4.48. The predicted molar refractivity (Wildman–Crippen MR) is 59.1 cm³/mol. The van der Waals surface area contributed by atoms with E-state index in [1.807, 2.05) is 6.92 Å². The van der Waals surface area contributed by atoms with Crippen LogP contribution in [-0.4, -0.2) is 29.3 Å². The Kier molecular flexibility index (Phi) is 4.98. The summed E-state index contributed by atoms with van der Waals surface area (Å²) in [6.07, 6.45) is 1.63. The van der Waals surface area contributed by atoms with E-state index in [-0.39, 0.29) is 12.5 Å². The van der Waals surface area contributed by atoms with E-state index in [9.17, 15) is 4.79 Å². The molecule has 0 fully saturated rings. The van der Waals surface area contributed by atoms with Crippen LogP contribution in [0.4, 0.5) is 0 Å². The average Bonchev–Trinajstić information content (AvgIpc) is 2.70. The van der Waals surface area contributed by atoms with Gasteiger partial charge in [0.1, 0.15) is 5.76 Å². The number of aliphatic hydroxyl groups is 1. The lowest BCUT2D eigenvalue weighted by Gasteiger charge is -2.13. The summed E-state index contributed by atoms with van der Waals surface area (Å²) in [5, 5.41) is 15.2. The third-order valence-corrected chi connectivity index (χ3v) is 2.53. The van der Waals surface area contributed by atoms with Gasteiger partial charge < -0.3 is 14.9 Å². The van der Waals surface area contributed by atoms with Gasteiger partial charge in [-0.05, 0) is 19.3 Å². The molecule has 0 saturated carbocycles. The lowest BCUT2D eigenvalue weighted by molar-refractivity contribution is 0.0934. The standard InChI is InChI=1S/C11H18N2O3/c1-3-9(4-5-14)7-12-11(15)10-6-8(2)16-13-10/h6,9,14H,3-5,7H2,1-2H3,(H,12,15). The van der Waals surface area contributed by atoms with Crippen LogP contribution in [0.3, 0.4) is 0 Å². The van der Waals surface area contributed by atoms with Crippen LogP contribution < -0.4 is 5.32 Å². The molecule has 0 radical (unpaired) electrons. The van der Waals surface area contributed by atoms with Gasteiger partial charge in [0.05, 0.1) is 0 Å². The van der Waals surface area contributed by atoms with Gasteiger partial charge in [-0.2, -0.15) is 0 Å². The van der Waals surface area contributed by atoms with E-state index in [1.165, 1.54) is 0 Å². The number of nitrogens with one attached hydrogen (secondary N) is 1. The molecule has 0 aliphatic carbocycles. The monoisotopic (exact) mass is 226 g/mol. The van der Waals surface area contributed by atoms with E-state index in [0.717, 1.165) is 6.42 Å². The van der Waals surface area contributed by atoms with Crippen molar-refractivity contribution in [3.8, 4) is 0 Å². The Hall–Kier alpha value is -1.36. The van der Waals surface area contributed by atoms with Crippen LogP contribution in [0, 0.1) is 12.8 Å². The third kappa shape index (κ3) is 3.66. The smallest absolute Gasteiger partial charge is 0.273 e. The summed E-state index contributed by atoms with van der Waals surface area (Å²) < 4.78 is 4.82. The number of aryl methyl sites for hydroxylation is 1. The Bertz CT molecular complexity index is 336. The van der Waals surface area contributed by atoms with Crippen molar-refractivity contribution >= 4 is 5.91 Å². The molecule has 0 saturated heterocycles. The van der Waals surface area contributed by atoms with E-state index >= 15 is 0 Å². The molecular weight excluding hydrogens is 208 g/mol. The van der Waals surface area contributed by atoms with Crippen LogP contribution in [0.25, 0.3) is 0 Å². The number of amides is 1. The SMILES string of the molecule is CCC(CCO)CNC(=O)c1cc(C)on1. The molecule has 1 heterocycles. The van der Waals surface area contributed by atoms with Crippen molar-refractivity contribution in [3.63, 3.8) is 0 Å². The van der Waals surface area contributed by atoms with Gasteiger partial charge in [-0.15, -0.1) is 0 Å². The second-order valence-electron chi connectivity index (χ2n) is 3.82. The first-order chi connectivity index (χ1) is 7.67. The molecule has 0 aliphatic rings. The maximum absolute atomic E-state index is 11.6. The molecule has 1 atom stereocenters. The van der Waals surface area contributed by atoms with Crippen LogP contribution in [-0.2, 0) is 0 Å². The molecule has 1 amide bonds. The number of rotatable bonds is 6. The van der Waals surface area contributed by atoms with E-state index in [0.29, 0.717) is 30.3 Å². The van der Waals surface area contributed by atoms with Gasteiger partial charge in [0.15, 0.2) is 5.69 Å². The number of carbonyl (C=O) groups excluding carboxylic acids is 1. The van der Waals surface area contributed by atoms with E-state index in [4.69, 9.17) is 9.63 Å². The number of carbonyl (C=O) groups is 1. The molecule has 90 valence electrons. The first kappa shape index (κ1) is 12.7. The Morgan fingerprint density at radius 1 is 1.69 bits per heavy atom. The fraction of sp³-hybridized carbons (Fsp3) is 0.636. The summed E-state index contributed by atoms with van der Waals surface area (Å²) in [7, 11) is 0. The largest absolute Gasteiger partial charge is 0.396 e. The Labute approximate surface area is 94.8 Å². The third-order valence-electron chi connectivity index (χ3n) is 2.53. The Morgan fingerprint density at radius 2 is 2.44 bits per heavy atom. The fourth-order valence-corrected chi connectivity index (χ4v) is 1.43. The molecule has 5 heteroatoms. The predicted octanol–water partition coefficient (Wildman–Crippen LogP) is 1.12. The van der Waals surface area contributed by atoms with Crippen molar-refractivity contribution in [3.05, 3.63) is 17.5 Å². The maximum Gasteiger partial charge on any atom is 0.273 e. The minimum absolute atomic E-state index is 0.150. The molecule has 16 heavy (non-hydrogen) atoms. The van der Waals surface area contributed by atoms with Gasteiger partial charge in [-0.1, -0.05) is 18.5 Å². The van der Waals surface area contributed by atoms with Crippen LogP contribution in [0.2, 0.25) is 0 Å². The highest BCUT2D eigenvalue weighted by atomic mass is 16.5. The average molecular weight is 226 g/mol. The summed E-state index contributed by atoms with van der Waals surface area (Å²) in [4.78, 5) is 11.6. The number of hydrogen-bond acceptors (Lipinski definition) is 4. The number of aliphatic hydroxyl groups excluding tert-OH is 1. The van der Waals surface area contributed by atoms with E-state index in [2.05, 4.69) is 10.5 Å².